The predicted molar refractivity (Wildman–Crippen MR) is 85.2 cm³/mol. The molecule has 0 saturated heterocycles. The van der Waals surface area contributed by atoms with Gasteiger partial charge < -0.3 is 5.32 Å². The lowest BCUT2D eigenvalue weighted by molar-refractivity contribution is 0.0923. The molecule has 1 heterocycles. The van der Waals surface area contributed by atoms with Gasteiger partial charge in [-0.05, 0) is 43.7 Å². The molecule has 1 aromatic carbocycles. The largest absolute Gasteiger partial charge is 0.349 e. The molecule has 1 aromatic heterocycles. The molecule has 110 valence electrons. The number of hydrogen-bond acceptors (Lipinski definition) is 2. The Morgan fingerprint density at radius 1 is 1.19 bits per heavy atom. The number of amides is 1. The molecule has 1 saturated carbocycles. The lowest BCUT2D eigenvalue weighted by atomic mass is 9.84. The van der Waals surface area contributed by atoms with Crippen LogP contribution in [0.2, 0.25) is 0 Å². The zero-order valence-corrected chi connectivity index (χ0v) is 12.5. The van der Waals surface area contributed by atoms with Gasteiger partial charge in [-0.15, -0.1) is 0 Å². The van der Waals surface area contributed by atoms with Gasteiger partial charge in [0.1, 0.15) is 0 Å². The van der Waals surface area contributed by atoms with Gasteiger partial charge in [0.2, 0.25) is 0 Å². The summed E-state index contributed by atoms with van der Waals surface area (Å²) in [5, 5.41) is 4.21. The van der Waals surface area contributed by atoms with Crippen molar-refractivity contribution in [2.75, 3.05) is 0 Å². The molecule has 21 heavy (non-hydrogen) atoms. The maximum atomic E-state index is 12.5. The quantitative estimate of drug-likeness (QED) is 0.926. The number of nitrogens with zero attached hydrogens (tertiary/aromatic N) is 1. The topological polar surface area (TPSA) is 42.0 Å². The van der Waals surface area contributed by atoms with Crippen LogP contribution in [-0.2, 0) is 0 Å². The Hall–Kier alpha value is -1.90. The Bertz CT molecular complexity index is 625. The minimum Gasteiger partial charge on any atom is -0.349 e. The van der Waals surface area contributed by atoms with E-state index in [1.807, 2.05) is 30.3 Å². The zero-order chi connectivity index (χ0) is 14.7. The number of benzene rings is 1. The molecular weight excluding hydrogens is 260 g/mol. The molecule has 0 unspecified atom stereocenters. The van der Waals surface area contributed by atoms with Crippen molar-refractivity contribution in [3.8, 4) is 0 Å². The zero-order valence-electron chi connectivity index (χ0n) is 12.5. The van der Waals surface area contributed by atoms with E-state index in [1.54, 1.807) is 6.20 Å². The number of rotatable bonds is 3. The van der Waals surface area contributed by atoms with Gasteiger partial charge in [-0.3, -0.25) is 9.78 Å². The number of nitrogens with one attached hydrogen (secondary N) is 1. The summed E-state index contributed by atoms with van der Waals surface area (Å²) in [5.41, 5.74) is 1.48. The Morgan fingerprint density at radius 3 is 2.71 bits per heavy atom. The van der Waals surface area contributed by atoms with E-state index in [2.05, 4.69) is 17.2 Å². The van der Waals surface area contributed by atoms with Crippen LogP contribution in [-0.4, -0.2) is 16.9 Å². The van der Waals surface area contributed by atoms with E-state index < -0.39 is 0 Å². The number of hydrogen-bond donors (Lipinski definition) is 1. The Labute approximate surface area is 125 Å². The molecule has 1 aliphatic carbocycles. The van der Waals surface area contributed by atoms with Crippen LogP contribution in [0.25, 0.3) is 10.9 Å². The number of pyridine rings is 1. The van der Waals surface area contributed by atoms with Gasteiger partial charge in [-0.25, -0.2) is 0 Å². The minimum atomic E-state index is 0.0132. The molecule has 3 heteroatoms. The molecule has 1 N–H and O–H groups in total. The van der Waals surface area contributed by atoms with Gasteiger partial charge in [0.15, 0.2) is 0 Å². The van der Waals surface area contributed by atoms with Crippen LogP contribution in [0, 0.1) is 5.92 Å². The van der Waals surface area contributed by atoms with Crippen LogP contribution in [0.1, 0.15) is 49.4 Å². The molecule has 0 aliphatic heterocycles. The van der Waals surface area contributed by atoms with Crippen molar-refractivity contribution in [1.82, 2.24) is 10.3 Å². The van der Waals surface area contributed by atoms with Crippen molar-refractivity contribution in [2.45, 2.75) is 45.1 Å². The fourth-order valence-electron chi connectivity index (χ4n) is 3.27. The second kappa shape index (κ2) is 6.25. The summed E-state index contributed by atoms with van der Waals surface area (Å²) in [7, 11) is 0. The Morgan fingerprint density at radius 2 is 1.95 bits per heavy atom. The van der Waals surface area contributed by atoms with Gasteiger partial charge in [-0.1, -0.05) is 31.5 Å². The maximum Gasteiger partial charge on any atom is 0.253 e. The number of carbonyl (C=O) groups is 1. The van der Waals surface area contributed by atoms with Crippen molar-refractivity contribution >= 4 is 16.8 Å². The third-order valence-electron chi connectivity index (χ3n) is 4.64. The second-order valence-electron chi connectivity index (χ2n) is 5.98. The summed E-state index contributed by atoms with van der Waals surface area (Å²) in [6, 6.07) is 9.99. The van der Waals surface area contributed by atoms with Crippen molar-refractivity contribution in [3.05, 3.63) is 42.1 Å². The highest BCUT2D eigenvalue weighted by atomic mass is 16.1. The van der Waals surface area contributed by atoms with Gasteiger partial charge in [0.25, 0.3) is 5.91 Å². The van der Waals surface area contributed by atoms with E-state index in [0.717, 1.165) is 29.7 Å². The SMILES string of the molecule is CCC1CCC(NC(=O)c2cccc3cccnc23)CC1. The summed E-state index contributed by atoms with van der Waals surface area (Å²) in [6.07, 6.45) is 7.66. The molecule has 0 radical (unpaired) electrons. The summed E-state index contributed by atoms with van der Waals surface area (Å²) in [4.78, 5) is 16.9. The number of carbonyl (C=O) groups excluding carboxylic acids is 1. The van der Waals surface area contributed by atoms with Crippen molar-refractivity contribution < 1.29 is 4.79 Å². The Balaban J connectivity index is 1.73. The molecule has 0 spiro atoms. The Kier molecular flexibility index (Phi) is 4.18. The van der Waals surface area contributed by atoms with Crippen LogP contribution in [0.3, 0.4) is 0 Å². The van der Waals surface area contributed by atoms with Crippen LogP contribution in [0.5, 0.6) is 0 Å². The summed E-state index contributed by atoms with van der Waals surface area (Å²) >= 11 is 0. The first-order valence-electron chi connectivity index (χ1n) is 7.92. The van der Waals surface area contributed by atoms with Gasteiger partial charge >= 0.3 is 0 Å². The summed E-state index contributed by atoms with van der Waals surface area (Å²) < 4.78 is 0. The smallest absolute Gasteiger partial charge is 0.253 e. The van der Waals surface area contributed by atoms with Crippen molar-refractivity contribution in [3.63, 3.8) is 0 Å². The van der Waals surface area contributed by atoms with Gasteiger partial charge in [0.05, 0.1) is 11.1 Å². The number of para-hydroxylation sites is 1. The first-order valence-corrected chi connectivity index (χ1v) is 7.92. The highest BCUT2D eigenvalue weighted by molar-refractivity contribution is 6.05. The van der Waals surface area contributed by atoms with Gasteiger partial charge in [0, 0.05) is 17.6 Å². The monoisotopic (exact) mass is 282 g/mol. The molecule has 0 atom stereocenters. The van der Waals surface area contributed by atoms with E-state index in [9.17, 15) is 4.79 Å². The third kappa shape index (κ3) is 3.07. The van der Waals surface area contributed by atoms with E-state index in [-0.39, 0.29) is 5.91 Å². The number of fused-ring (bicyclic) bond motifs is 1. The molecule has 3 nitrogen and oxygen atoms in total. The first kappa shape index (κ1) is 14.1. The summed E-state index contributed by atoms with van der Waals surface area (Å²) in [5.74, 6) is 0.858. The molecular formula is C18H22N2O. The average Bonchev–Trinajstić information content (AvgIpc) is 2.55. The maximum absolute atomic E-state index is 12.5. The highest BCUT2D eigenvalue weighted by Crippen LogP contribution is 2.27. The van der Waals surface area contributed by atoms with E-state index in [1.165, 1.54) is 19.3 Å². The van der Waals surface area contributed by atoms with Crippen LogP contribution in [0.15, 0.2) is 36.5 Å². The normalized spacial score (nSPS) is 22.1. The molecule has 1 amide bonds. The van der Waals surface area contributed by atoms with Crippen LogP contribution in [0.4, 0.5) is 0 Å². The first-order chi connectivity index (χ1) is 10.3. The fourth-order valence-corrected chi connectivity index (χ4v) is 3.27. The standard InChI is InChI=1S/C18H22N2O/c1-2-13-8-10-15(11-9-13)20-18(21)16-7-3-5-14-6-4-12-19-17(14)16/h3-7,12-13,15H,2,8-11H2,1H3,(H,20,21). The predicted octanol–water partition coefficient (Wildman–Crippen LogP) is 3.93. The second-order valence-corrected chi connectivity index (χ2v) is 5.98. The van der Waals surface area contributed by atoms with Crippen LogP contribution >= 0.6 is 0 Å². The minimum absolute atomic E-state index is 0.0132. The van der Waals surface area contributed by atoms with E-state index in [0.29, 0.717) is 11.6 Å². The van der Waals surface area contributed by atoms with Gasteiger partial charge in [-0.2, -0.15) is 0 Å². The van der Waals surface area contributed by atoms with Crippen molar-refractivity contribution in [2.24, 2.45) is 5.92 Å². The molecule has 2 aromatic rings. The van der Waals surface area contributed by atoms with E-state index >= 15 is 0 Å². The molecule has 1 aliphatic rings. The lowest BCUT2D eigenvalue weighted by Gasteiger charge is -2.28. The highest BCUT2D eigenvalue weighted by Gasteiger charge is 2.22. The van der Waals surface area contributed by atoms with Crippen LogP contribution < -0.4 is 5.32 Å². The third-order valence-corrected chi connectivity index (χ3v) is 4.64. The van der Waals surface area contributed by atoms with Crippen molar-refractivity contribution in [1.29, 1.82) is 0 Å². The summed E-state index contributed by atoms with van der Waals surface area (Å²) in [6.45, 7) is 2.26. The molecule has 3 rings (SSSR count). The average molecular weight is 282 g/mol. The molecule has 1 fully saturated rings. The fraction of sp³-hybridized carbons (Fsp3) is 0.444. The lowest BCUT2D eigenvalue weighted by Crippen LogP contribution is -2.37. The number of aromatic nitrogens is 1. The molecule has 0 bridgehead atoms. The van der Waals surface area contributed by atoms with E-state index in [4.69, 9.17) is 0 Å².